The molecule has 0 spiro atoms. The quantitative estimate of drug-likeness (QED) is 0.190. The van der Waals surface area contributed by atoms with Crippen LogP contribution in [0.1, 0.15) is 33.4 Å². The fourth-order valence-electron chi connectivity index (χ4n) is 2.52. The van der Waals surface area contributed by atoms with Crippen molar-refractivity contribution in [1.82, 2.24) is 5.43 Å². The van der Waals surface area contributed by atoms with Crippen molar-refractivity contribution in [2.75, 3.05) is 5.32 Å². The van der Waals surface area contributed by atoms with Gasteiger partial charge in [0, 0.05) is 35.9 Å². The molecule has 3 rings (SSSR count). The molecule has 32 heavy (non-hydrogen) atoms. The number of hydrogen-bond donors (Lipinski definition) is 2. The second-order valence-corrected chi connectivity index (χ2v) is 6.30. The van der Waals surface area contributed by atoms with E-state index in [0.717, 1.165) is 18.3 Å². The molecule has 0 aliphatic heterocycles. The summed E-state index contributed by atoms with van der Waals surface area (Å²) in [6.45, 7) is 1.36. The monoisotopic (exact) mass is 436 g/mol. The molecule has 162 valence electrons. The number of nitro groups is 1. The Balaban J connectivity index is 1.74. The van der Waals surface area contributed by atoms with Gasteiger partial charge < -0.3 is 14.5 Å². The molecule has 2 aromatic carbocycles. The Morgan fingerprint density at radius 3 is 2.50 bits per heavy atom. The van der Waals surface area contributed by atoms with Gasteiger partial charge in [-0.25, -0.2) is 10.2 Å². The van der Waals surface area contributed by atoms with Crippen molar-refractivity contribution in [3.8, 4) is 5.75 Å². The van der Waals surface area contributed by atoms with Crippen molar-refractivity contribution >= 4 is 35.4 Å². The standard InChI is InChI=1S/C21H16N4O7/c1-13(26)23-16-6-4-14(5-7-16)20(27)24-22-12-15-11-17(25(29)30)8-9-18(15)32-21(28)19-3-2-10-31-19/h2-12H,1H3,(H,23,26)(H,24,27)/b22-12+. The van der Waals surface area contributed by atoms with Gasteiger partial charge in [0.05, 0.1) is 17.4 Å². The fraction of sp³-hybridized carbons (Fsp3) is 0.0476. The molecule has 0 bridgehead atoms. The van der Waals surface area contributed by atoms with E-state index >= 15 is 0 Å². The first-order valence-corrected chi connectivity index (χ1v) is 9.08. The Hall–Kier alpha value is -4.80. The number of furan rings is 1. The second kappa shape index (κ2) is 9.80. The van der Waals surface area contributed by atoms with Crippen molar-refractivity contribution in [3.05, 3.63) is 87.9 Å². The average Bonchev–Trinajstić information content (AvgIpc) is 3.30. The van der Waals surface area contributed by atoms with E-state index in [1.165, 1.54) is 43.5 Å². The number of carbonyl (C=O) groups excluding carboxylic acids is 3. The van der Waals surface area contributed by atoms with Gasteiger partial charge in [-0.1, -0.05) is 0 Å². The smallest absolute Gasteiger partial charge is 0.379 e. The molecule has 1 heterocycles. The lowest BCUT2D eigenvalue weighted by Gasteiger charge is -2.06. The largest absolute Gasteiger partial charge is 0.457 e. The molecular weight excluding hydrogens is 420 g/mol. The van der Waals surface area contributed by atoms with Crippen molar-refractivity contribution in [3.63, 3.8) is 0 Å². The molecular formula is C21H16N4O7. The minimum absolute atomic E-state index is 0.0188. The summed E-state index contributed by atoms with van der Waals surface area (Å²) in [5, 5.41) is 17.4. The van der Waals surface area contributed by atoms with Crippen LogP contribution in [0.4, 0.5) is 11.4 Å². The minimum Gasteiger partial charge on any atom is -0.457 e. The van der Waals surface area contributed by atoms with Gasteiger partial charge in [-0.05, 0) is 42.5 Å². The SMILES string of the molecule is CC(=O)Nc1ccc(C(=O)N/N=C/c2cc([N+](=O)[O-])ccc2OC(=O)c2ccco2)cc1. The van der Waals surface area contributed by atoms with Crippen LogP contribution in [0.3, 0.4) is 0 Å². The third-order valence-corrected chi connectivity index (χ3v) is 3.97. The number of nitrogens with zero attached hydrogens (tertiary/aromatic N) is 2. The average molecular weight is 436 g/mol. The van der Waals surface area contributed by atoms with Crippen LogP contribution in [0.15, 0.2) is 70.4 Å². The minimum atomic E-state index is -0.804. The Labute approximate surface area is 180 Å². The van der Waals surface area contributed by atoms with Crippen LogP contribution in [-0.4, -0.2) is 28.9 Å². The molecule has 0 fully saturated rings. The number of esters is 1. The molecule has 0 saturated heterocycles. The number of anilines is 1. The lowest BCUT2D eigenvalue weighted by atomic mass is 10.2. The number of non-ortho nitro benzene ring substituents is 1. The number of nitro benzene ring substituents is 1. The number of amides is 2. The van der Waals surface area contributed by atoms with E-state index in [-0.39, 0.29) is 34.2 Å². The first-order valence-electron chi connectivity index (χ1n) is 9.08. The Kier molecular flexibility index (Phi) is 6.71. The number of carbonyl (C=O) groups is 3. The molecule has 2 amide bonds. The predicted molar refractivity (Wildman–Crippen MR) is 113 cm³/mol. The van der Waals surface area contributed by atoms with Gasteiger partial charge >= 0.3 is 5.97 Å². The van der Waals surface area contributed by atoms with Crippen LogP contribution in [0.2, 0.25) is 0 Å². The highest BCUT2D eigenvalue weighted by atomic mass is 16.6. The molecule has 3 aromatic rings. The molecule has 0 atom stereocenters. The first kappa shape index (κ1) is 21.9. The van der Waals surface area contributed by atoms with Gasteiger partial charge in [0.1, 0.15) is 5.75 Å². The highest BCUT2D eigenvalue weighted by Crippen LogP contribution is 2.24. The van der Waals surface area contributed by atoms with Crippen molar-refractivity contribution in [2.45, 2.75) is 6.92 Å². The van der Waals surface area contributed by atoms with E-state index in [9.17, 15) is 24.5 Å². The zero-order valence-corrected chi connectivity index (χ0v) is 16.6. The van der Waals surface area contributed by atoms with Crippen LogP contribution in [0.5, 0.6) is 5.75 Å². The summed E-state index contributed by atoms with van der Waals surface area (Å²) in [5.41, 5.74) is 2.89. The fourth-order valence-corrected chi connectivity index (χ4v) is 2.52. The molecule has 0 radical (unpaired) electrons. The summed E-state index contributed by atoms with van der Waals surface area (Å²) in [5.74, 6) is -1.68. The Bertz CT molecular complexity index is 1190. The van der Waals surface area contributed by atoms with E-state index in [0.29, 0.717) is 5.69 Å². The number of hydrogen-bond acceptors (Lipinski definition) is 8. The molecule has 11 nitrogen and oxygen atoms in total. The maximum absolute atomic E-state index is 12.2. The van der Waals surface area contributed by atoms with Gasteiger partial charge in [-0.3, -0.25) is 19.7 Å². The molecule has 2 N–H and O–H groups in total. The second-order valence-electron chi connectivity index (χ2n) is 6.30. The van der Waals surface area contributed by atoms with Gasteiger partial charge in [0.2, 0.25) is 11.7 Å². The lowest BCUT2D eigenvalue weighted by Crippen LogP contribution is -2.18. The van der Waals surface area contributed by atoms with E-state index in [1.54, 1.807) is 12.1 Å². The molecule has 1 aromatic heterocycles. The Morgan fingerprint density at radius 2 is 1.88 bits per heavy atom. The summed E-state index contributed by atoms with van der Waals surface area (Å²) < 4.78 is 10.2. The molecule has 0 unspecified atom stereocenters. The first-order chi connectivity index (χ1) is 15.3. The zero-order chi connectivity index (χ0) is 23.1. The van der Waals surface area contributed by atoms with Gasteiger partial charge in [0.25, 0.3) is 11.6 Å². The number of ether oxygens (including phenoxy) is 1. The van der Waals surface area contributed by atoms with Crippen molar-refractivity contribution in [2.24, 2.45) is 5.10 Å². The van der Waals surface area contributed by atoms with E-state index in [2.05, 4.69) is 15.8 Å². The zero-order valence-electron chi connectivity index (χ0n) is 16.6. The van der Waals surface area contributed by atoms with Crippen LogP contribution in [0.25, 0.3) is 0 Å². The number of nitrogens with one attached hydrogen (secondary N) is 2. The normalized spacial score (nSPS) is 10.5. The molecule has 0 saturated carbocycles. The maximum atomic E-state index is 12.2. The summed E-state index contributed by atoms with van der Waals surface area (Å²) >= 11 is 0. The molecule has 0 aliphatic rings. The van der Waals surface area contributed by atoms with E-state index in [1.807, 2.05) is 0 Å². The van der Waals surface area contributed by atoms with Crippen molar-refractivity contribution < 1.29 is 28.5 Å². The molecule has 11 heteroatoms. The topological polar surface area (TPSA) is 153 Å². The number of rotatable bonds is 7. The van der Waals surface area contributed by atoms with Crippen LogP contribution >= 0.6 is 0 Å². The summed E-state index contributed by atoms with van der Waals surface area (Å²) in [4.78, 5) is 45.9. The van der Waals surface area contributed by atoms with Crippen LogP contribution in [-0.2, 0) is 4.79 Å². The van der Waals surface area contributed by atoms with Gasteiger partial charge in [0.15, 0.2) is 0 Å². The number of benzene rings is 2. The molecule has 0 aliphatic carbocycles. The summed E-state index contributed by atoms with van der Waals surface area (Å²) in [6, 6.07) is 12.5. The summed E-state index contributed by atoms with van der Waals surface area (Å²) in [7, 11) is 0. The third kappa shape index (κ3) is 5.63. The third-order valence-electron chi connectivity index (χ3n) is 3.97. The van der Waals surface area contributed by atoms with E-state index < -0.39 is 16.8 Å². The highest BCUT2D eigenvalue weighted by Gasteiger charge is 2.16. The van der Waals surface area contributed by atoms with Crippen LogP contribution in [0, 0.1) is 10.1 Å². The van der Waals surface area contributed by atoms with Gasteiger partial charge in [-0.2, -0.15) is 5.10 Å². The summed E-state index contributed by atoms with van der Waals surface area (Å²) in [6.07, 6.45) is 2.41. The Morgan fingerprint density at radius 1 is 1.12 bits per heavy atom. The van der Waals surface area contributed by atoms with Gasteiger partial charge in [-0.15, -0.1) is 0 Å². The lowest BCUT2D eigenvalue weighted by molar-refractivity contribution is -0.384. The predicted octanol–water partition coefficient (Wildman–Crippen LogP) is 3.13. The van der Waals surface area contributed by atoms with Crippen molar-refractivity contribution in [1.29, 1.82) is 0 Å². The van der Waals surface area contributed by atoms with Crippen LogP contribution < -0.4 is 15.5 Å². The number of hydrazone groups is 1. The maximum Gasteiger partial charge on any atom is 0.379 e. The highest BCUT2D eigenvalue weighted by molar-refractivity contribution is 5.96. The van der Waals surface area contributed by atoms with E-state index in [4.69, 9.17) is 9.15 Å².